The van der Waals surface area contributed by atoms with E-state index < -0.39 is 12.7 Å². The van der Waals surface area contributed by atoms with E-state index in [2.05, 4.69) is 25.9 Å². The summed E-state index contributed by atoms with van der Waals surface area (Å²) in [6.07, 6.45) is 2.46. The monoisotopic (exact) mass is 580 g/mol. The third kappa shape index (κ3) is 5.63. The fraction of sp³-hybridized carbons (Fsp3) is 0.379. The lowest BCUT2D eigenvalue weighted by Gasteiger charge is -2.25. The molecule has 1 aromatic carbocycles. The second-order valence-corrected chi connectivity index (χ2v) is 11.5. The number of rotatable bonds is 7. The molecule has 0 spiro atoms. The Hall–Kier alpha value is -4.55. The molecule has 42 heavy (non-hydrogen) atoms. The lowest BCUT2D eigenvalue weighted by atomic mass is 10.0. The number of fused-ring (bicyclic) bond motifs is 2. The molecule has 0 aliphatic carbocycles. The van der Waals surface area contributed by atoms with Gasteiger partial charge < -0.3 is 24.3 Å². The molecule has 5 heterocycles. The average molecular weight is 581 g/mol. The van der Waals surface area contributed by atoms with Crippen LogP contribution < -0.4 is 10.6 Å². The molecule has 1 amide bonds. The fourth-order valence-electron chi connectivity index (χ4n) is 5.29. The maximum absolute atomic E-state index is 13.7. The van der Waals surface area contributed by atoms with Crippen molar-refractivity contribution in [2.24, 2.45) is 0 Å². The average Bonchev–Trinajstić information content (AvgIpc) is 3.72. The number of halogens is 3. The highest BCUT2D eigenvalue weighted by molar-refractivity contribution is 5.96. The molecule has 0 radical (unpaired) electrons. The number of carbonyl (C=O) groups excluding carboxylic acids is 1. The Morgan fingerprint density at radius 2 is 2.00 bits per heavy atom. The molecule has 1 aliphatic heterocycles. The van der Waals surface area contributed by atoms with Crippen LogP contribution in [0.2, 0.25) is 0 Å². The number of anilines is 1. The van der Waals surface area contributed by atoms with E-state index in [0.29, 0.717) is 16.5 Å². The topological polar surface area (TPSA) is 108 Å². The third-order valence-corrected chi connectivity index (χ3v) is 7.42. The van der Waals surface area contributed by atoms with Crippen molar-refractivity contribution in [3.05, 3.63) is 72.1 Å². The summed E-state index contributed by atoms with van der Waals surface area (Å²) in [6.45, 7) is 5.55. The number of alkyl halides is 3. The molecule has 6 rings (SSSR count). The van der Waals surface area contributed by atoms with Crippen molar-refractivity contribution in [3.8, 4) is 11.5 Å². The molecule has 2 N–H and O–H groups in total. The first-order chi connectivity index (χ1) is 19.9. The molecule has 13 heteroatoms. The van der Waals surface area contributed by atoms with E-state index in [9.17, 15) is 18.0 Å². The summed E-state index contributed by atoms with van der Waals surface area (Å²) >= 11 is 0. The molecule has 10 nitrogen and oxygen atoms in total. The molecule has 1 atom stereocenters. The number of aryl methyl sites for hydroxylation is 1. The predicted octanol–water partition coefficient (Wildman–Crippen LogP) is 5.36. The van der Waals surface area contributed by atoms with Gasteiger partial charge in [-0.25, -0.2) is 0 Å². The Labute approximate surface area is 239 Å². The van der Waals surface area contributed by atoms with Gasteiger partial charge in [0.1, 0.15) is 6.54 Å². The smallest absolute Gasteiger partial charge is 0.381 e. The second kappa shape index (κ2) is 10.4. The third-order valence-electron chi connectivity index (χ3n) is 7.42. The van der Waals surface area contributed by atoms with Crippen LogP contribution in [0.3, 0.4) is 0 Å². The zero-order valence-electron chi connectivity index (χ0n) is 23.4. The summed E-state index contributed by atoms with van der Waals surface area (Å²) in [6, 6.07) is 10.7. The Balaban J connectivity index is 1.25. The molecule has 1 aliphatic rings. The van der Waals surface area contributed by atoms with Crippen molar-refractivity contribution >= 4 is 22.5 Å². The SMILES string of the molecule is CC(C)(C)n1ccc(C(=O)NCc2nc(-c3cc4c(NC5CCn6nccc6C5)cccc4n3CC(F)(F)F)no2)c1. The quantitative estimate of drug-likeness (QED) is 0.268. The van der Waals surface area contributed by atoms with Gasteiger partial charge >= 0.3 is 6.18 Å². The first kappa shape index (κ1) is 27.6. The van der Waals surface area contributed by atoms with Gasteiger partial charge in [-0.05, 0) is 57.5 Å². The molecule has 220 valence electrons. The first-order valence-electron chi connectivity index (χ1n) is 13.7. The lowest BCUT2D eigenvalue weighted by molar-refractivity contribution is -0.139. The van der Waals surface area contributed by atoms with Crippen molar-refractivity contribution in [3.63, 3.8) is 0 Å². The highest BCUT2D eigenvalue weighted by Crippen LogP contribution is 2.35. The minimum absolute atomic E-state index is 0.00565. The van der Waals surface area contributed by atoms with Gasteiger partial charge in [0, 0.05) is 59.9 Å². The molecular formula is C29H31F3N8O2. The van der Waals surface area contributed by atoms with Crippen molar-refractivity contribution in [1.82, 2.24) is 34.4 Å². The Bertz CT molecular complexity index is 1740. The summed E-state index contributed by atoms with van der Waals surface area (Å²) < 4.78 is 51.5. The molecule has 4 aromatic heterocycles. The summed E-state index contributed by atoms with van der Waals surface area (Å²) in [5.41, 5.74) is 2.70. The van der Waals surface area contributed by atoms with Crippen LogP contribution in [0.4, 0.5) is 18.9 Å². The van der Waals surface area contributed by atoms with E-state index >= 15 is 0 Å². The molecule has 0 saturated carbocycles. The lowest BCUT2D eigenvalue weighted by Crippen LogP contribution is -2.30. The number of nitrogens with one attached hydrogen (secondary N) is 2. The second-order valence-electron chi connectivity index (χ2n) is 11.5. The van der Waals surface area contributed by atoms with Gasteiger partial charge in [-0.1, -0.05) is 11.2 Å². The zero-order chi connectivity index (χ0) is 29.6. The van der Waals surface area contributed by atoms with E-state index in [1.54, 1.807) is 36.7 Å². The maximum atomic E-state index is 13.7. The highest BCUT2D eigenvalue weighted by atomic mass is 19.4. The minimum Gasteiger partial charge on any atom is -0.381 e. The van der Waals surface area contributed by atoms with Crippen LogP contribution in [0.5, 0.6) is 0 Å². The maximum Gasteiger partial charge on any atom is 0.406 e. The predicted molar refractivity (Wildman–Crippen MR) is 150 cm³/mol. The van der Waals surface area contributed by atoms with Crippen LogP contribution in [0.1, 0.15) is 49.1 Å². The van der Waals surface area contributed by atoms with Crippen LogP contribution >= 0.6 is 0 Å². The number of amides is 1. The van der Waals surface area contributed by atoms with Crippen molar-refractivity contribution in [2.45, 2.75) is 71.0 Å². The standard InChI is InChI=1S/C29H31F3N8O2/c1-28(2,3)38-11-8-18(16-38)27(41)33-15-25-36-26(37-42-25)24-14-21-22(5-4-6-23(21)39(24)17-29(30,31)32)35-19-9-12-40-20(13-19)7-10-34-40/h4-8,10-11,14,16,19,35H,9,12-13,15,17H2,1-3H3,(H,33,41). The van der Waals surface area contributed by atoms with Crippen molar-refractivity contribution in [1.29, 1.82) is 0 Å². The summed E-state index contributed by atoms with van der Waals surface area (Å²) in [7, 11) is 0. The van der Waals surface area contributed by atoms with Crippen LogP contribution in [-0.2, 0) is 31.6 Å². The van der Waals surface area contributed by atoms with E-state index in [4.69, 9.17) is 4.52 Å². The van der Waals surface area contributed by atoms with Gasteiger partial charge in [0.25, 0.3) is 5.91 Å². The number of nitrogens with zero attached hydrogens (tertiary/aromatic N) is 6. The number of aromatic nitrogens is 6. The fourth-order valence-corrected chi connectivity index (χ4v) is 5.29. The first-order valence-corrected chi connectivity index (χ1v) is 13.7. The van der Waals surface area contributed by atoms with Crippen LogP contribution in [0.15, 0.2) is 59.5 Å². The number of carbonyl (C=O) groups is 1. The Kier molecular flexibility index (Phi) is 6.82. The molecule has 0 bridgehead atoms. The number of hydrogen-bond acceptors (Lipinski definition) is 6. The normalized spacial score (nSPS) is 15.6. The number of hydrogen-bond donors (Lipinski definition) is 2. The highest BCUT2D eigenvalue weighted by Gasteiger charge is 2.31. The van der Waals surface area contributed by atoms with Gasteiger partial charge in [0.15, 0.2) is 0 Å². The summed E-state index contributed by atoms with van der Waals surface area (Å²) in [4.78, 5) is 17.0. The number of benzene rings is 1. The molecule has 0 fully saturated rings. The van der Waals surface area contributed by atoms with Crippen LogP contribution in [0, 0.1) is 0 Å². The van der Waals surface area contributed by atoms with Gasteiger partial charge in [0.05, 0.1) is 23.3 Å². The van der Waals surface area contributed by atoms with Gasteiger partial charge in [-0.15, -0.1) is 0 Å². The molecule has 0 saturated heterocycles. The molecular weight excluding hydrogens is 549 g/mol. The van der Waals surface area contributed by atoms with Gasteiger partial charge in [-0.3, -0.25) is 9.48 Å². The summed E-state index contributed by atoms with van der Waals surface area (Å²) in [5, 5.41) is 15.2. The largest absolute Gasteiger partial charge is 0.406 e. The van der Waals surface area contributed by atoms with E-state index in [0.717, 1.165) is 35.3 Å². The Morgan fingerprint density at radius 3 is 2.76 bits per heavy atom. The minimum atomic E-state index is -4.48. The van der Waals surface area contributed by atoms with E-state index in [-0.39, 0.29) is 41.4 Å². The van der Waals surface area contributed by atoms with E-state index in [1.165, 1.54) is 0 Å². The molecule has 1 unspecified atom stereocenters. The van der Waals surface area contributed by atoms with Crippen LogP contribution in [0.25, 0.3) is 22.4 Å². The van der Waals surface area contributed by atoms with Crippen molar-refractivity contribution < 1.29 is 22.5 Å². The Morgan fingerprint density at radius 1 is 1.17 bits per heavy atom. The van der Waals surface area contributed by atoms with Gasteiger partial charge in [-0.2, -0.15) is 23.3 Å². The van der Waals surface area contributed by atoms with E-state index in [1.807, 2.05) is 48.3 Å². The zero-order valence-corrected chi connectivity index (χ0v) is 23.4. The van der Waals surface area contributed by atoms with Crippen LogP contribution in [-0.4, -0.2) is 47.2 Å². The van der Waals surface area contributed by atoms with Crippen molar-refractivity contribution in [2.75, 3.05) is 5.32 Å². The summed E-state index contributed by atoms with van der Waals surface area (Å²) in [5.74, 6) is -0.244. The molecule has 5 aromatic rings. The van der Waals surface area contributed by atoms with Gasteiger partial charge in [0.2, 0.25) is 11.7 Å².